The molecule has 2 rings (SSSR count). The third kappa shape index (κ3) is 6.67. The molecule has 1 saturated carbocycles. The number of guanidine groups is 1. The highest BCUT2D eigenvalue weighted by atomic mass is 16.5. The van der Waals surface area contributed by atoms with Crippen LogP contribution in [0.5, 0.6) is 0 Å². The molecule has 1 aliphatic rings. The van der Waals surface area contributed by atoms with Gasteiger partial charge in [-0.1, -0.05) is 38.8 Å². The van der Waals surface area contributed by atoms with Gasteiger partial charge in [-0.25, -0.2) is 0 Å². The average Bonchev–Trinajstić information content (AvgIpc) is 3.06. The van der Waals surface area contributed by atoms with Crippen LogP contribution in [-0.2, 0) is 6.42 Å². The van der Waals surface area contributed by atoms with E-state index in [2.05, 4.69) is 53.5 Å². The Labute approximate surface area is 152 Å². The number of hydrogen-bond acceptors (Lipinski definition) is 4. The molecule has 1 fully saturated rings. The standard InChI is InChI=1S/C19H35N5O/c1-5-7-15-8-10-16(11-9-15)22-19(20-6-2)21-13-12-17-23-18(14(3)4)24-25-17/h14-16H,5-13H2,1-4H3,(H2,20,21,22). The topological polar surface area (TPSA) is 75.3 Å². The van der Waals surface area contributed by atoms with Gasteiger partial charge in [-0.05, 0) is 38.5 Å². The molecular weight excluding hydrogens is 314 g/mol. The first-order chi connectivity index (χ1) is 12.1. The van der Waals surface area contributed by atoms with Crippen molar-refractivity contribution in [1.82, 2.24) is 20.8 Å². The maximum absolute atomic E-state index is 5.28. The van der Waals surface area contributed by atoms with E-state index in [0.717, 1.165) is 24.2 Å². The predicted octanol–water partition coefficient (Wildman–Crippen LogP) is 3.65. The van der Waals surface area contributed by atoms with Crippen LogP contribution in [0.2, 0.25) is 0 Å². The fourth-order valence-corrected chi connectivity index (χ4v) is 3.38. The lowest BCUT2D eigenvalue weighted by atomic mass is 9.83. The SMILES string of the molecule is CCCC1CCC(NC(=NCCc2nc(C(C)C)no2)NCC)CC1. The molecule has 0 aliphatic heterocycles. The fourth-order valence-electron chi connectivity index (χ4n) is 3.38. The number of nitrogens with zero attached hydrogens (tertiary/aromatic N) is 3. The Morgan fingerprint density at radius 1 is 1.24 bits per heavy atom. The normalized spacial score (nSPS) is 21.6. The minimum Gasteiger partial charge on any atom is -0.357 e. The molecule has 2 N–H and O–H groups in total. The zero-order valence-electron chi connectivity index (χ0n) is 16.3. The Hall–Kier alpha value is -1.59. The molecule has 0 unspecified atom stereocenters. The Morgan fingerprint density at radius 2 is 2.00 bits per heavy atom. The second kappa shape index (κ2) is 10.4. The summed E-state index contributed by atoms with van der Waals surface area (Å²) in [5.41, 5.74) is 0. The van der Waals surface area contributed by atoms with Crippen molar-refractivity contribution in [3.8, 4) is 0 Å². The monoisotopic (exact) mass is 349 g/mol. The minimum atomic E-state index is 0.294. The van der Waals surface area contributed by atoms with Crippen molar-refractivity contribution in [2.45, 2.75) is 84.6 Å². The van der Waals surface area contributed by atoms with Gasteiger partial charge in [0.15, 0.2) is 11.8 Å². The molecule has 0 saturated heterocycles. The zero-order chi connectivity index (χ0) is 18.1. The van der Waals surface area contributed by atoms with Crippen molar-refractivity contribution < 1.29 is 4.52 Å². The van der Waals surface area contributed by atoms with E-state index in [4.69, 9.17) is 4.52 Å². The first-order valence-electron chi connectivity index (χ1n) is 9.99. The lowest BCUT2D eigenvalue weighted by Gasteiger charge is -2.30. The largest absolute Gasteiger partial charge is 0.357 e. The number of aromatic nitrogens is 2. The van der Waals surface area contributed by atoms with E-state index in [1.807, 2.05) is 0 Å². The van der Waals surface area contributed by atoms with E-state index < -0.39 is 0 Å². The average molecular weight is 350 g/mol. The van der Waals surface area contributed by atoms with E-state index in [1.54, 1.807) is 0 Å². The second-order valence-corrected chi connectivity index (χ2v) is 7.36. The Morgan fingerprint density at radius 3 is 2.60 bits per heavy atom. The van der Waals surface area contributed by atoms with E-state index >= 15 is 0 Å². The van der Waals surface area contributed by atoms with Gasteiger partial charge in [0, 0.05) is 24.9 Å². The highest BCUT2D eigenvalue weighted by Crippen LogP contribution is 2.27. The van der Waals surface area contributed by atoms with Gasteiger partial charge < -0.3 is 15.2 Å². The van der Waals surface area contributed by atoms with Gasteiger partial charge in [-0.15, -0.1) is 0 Å². The molecule has 1 aromatic heterocycles. The molecule has 1 heterocycles. The summed E-state index contributed by atoms with van der Waals surface area (Å²) in [5, 5.41) is 10.9. The summed E-state index contributed by atoms with van der Waals surface area (Å²) in [6.45, 7) is 10.0. The van der Waals surface area contributed by atoms with Crippen molar-refractivity contribution >= 4 is 5.96 Å². The molecule has 1 aromatic rings. The number of aliphatic imine (C=N–C) groups is 1. The predicted molar refractivity (Wildman–Crippen MR) is 102 cm³/mol. The fraction of sp³-hybridized carbons (Fsp3) is 0.842. The van der Waals surface area contributed by atoms with Crippen LogP contribution in [0.3, 0.4) is 0 Å². The van der Waals surface area contributed by atoms with E-state index in [-0.39, 0.29) is 0 Å². The molecule has 0 spiro atoms. The lowest BCUT2D eigenvalue weighted by molar-refractivity contribution is 0.295. The van der Waals surface area contributed by atoms with Gasteiger partial charge >= 0.3 is 0 Å². The summed E-state index contributed by atoms with van der Waals surface area (Å²) in [5.74, 6) is 3.57. The number of hydrogen-bond donors (Lipinski definition) is 2. The van der Waals surface area contributed by atoms with Crippen LogP contribution >= 0.6 is 0 Å². The van der Waals surface area contributed by atoms with Crippen molar-refractivity contribution in [3.63, 3.8) is 0 Å². The van der Waals surface area contributed by atoms with E-state index in [9.17, 15) is 0 Å². The quantitative estimate of drug-likeness (QED) is 0.553. The van der Waals surface area contributed by atoms with E-state index in [1.165, 1.54) is 38.5 Å². The minimum absolute atomic E-state index is 0.294. The maximum Gasteiger partial charge on any atom is 0.228 e. The highest BCUT2D eigenvalue weighted by Gasteiger charge is 2.21. The van der Waals surface area contributed by atoms with Crippen molar-refractivity contribution in [2.24, 2.45) is 10.9 Å². The molecule has 25 heavy (non-hydrogen) atoms. The molecule has 1 aliphatic carbocycles. The van der Waals surface area contributed by atoms with Gasteiger partial charge in [0.2, 0.25) is 5.89 Å². The van der Waals surface area contributed by atoms with Crippen LogP contribution in [0.1, 0.15) is 83.9 Å². The Balaban J connectivity index is 1.79. The molecular formula is C19H35N5O. The Bertz CT molecular complexity index is 518. The summed E-state index contributed by atoms with van der Waals surface area (Å²) < 4.78 is 5.28. The molecule has 142 valence electrons. The zero-order valence-corrected chi connectivity index (χ0v) is 16.3. The molecule has 0 amide bonds. The van der Waals surface area contributed by atoms with Gasteiger partial charge in [0.1, 0.15) is 0 Å². The Kier molecular flexibility index (Phi) is 8.22. The highest BCUT2D eigenvalue weighted by molar-refractivity contribution is 5.80. The van der Waals surface area contributed by atoms with Crippen molar-refractivity contribution in [2.75, 3.05) is 13.1 Å². The van der Waals surface area contributed by atoms with Crippen molar-refractivity contribution in [1.29, 1.82) is 0 Å². The smallest absolute Gasteiger partial charge is 0.228 e. The van der Waals surface area contributed by atoms with E-state index in [0.29, 0.717) is 30.8 Å². The molecule has 6 nitrogen and oxygen atoms in total. The summed E-state index contributed by atoms with van der Waals surface area (Å²) in [4.78, 5) is 9.09. The third-order valence-corrected chi connectivity index (χ3v) is 4.82. The van der Waals surface area contributed by atoms with Crippen LogP contribution in [0.25, 0.3) is 0 Å². The first kappa shape index (κ1) is 19.7. The van der Waals surface area contributed by atoms with Crippen LogP contribution in [0.4, 0.5) is 0 Å². The van der Waals surface area contributed by atoms with Crippen LogP contribution < -0.4 is 10.6 Å². The molecule has 0 aromatic carbocycles. The second-order valence-electron chi connectivity index (χ2n) is 7.36. The van der Waals surface area contributed by atoms with Gasteiger partial charge in [0.05, 0.1) is 6.54 Å². The number of rotatable bonds is 8. The molecule has 6 heteroatoms. The first-order valence-corrected chi connectivity index (χ1v) is 9.99. The third-order valence-electron chi connectivity index (χ3n) is 4.82. The van der Waals surface area contributed by atoms with Crippen LogP contribution in [0, 0.1) is 5.92 Å². The molecule has 0 radical (unpaired) electrons. The molecule has 0 atom stereocenters. The summed E-state index contributed by atoms with van der Waals surface area (Å²) in [6.07, 6.45) is 8.53. The number of nitrogens with one attached hydrogen (secondary N) is 2. The summed E-state index contributed by atoms with van der Waals surface area (Å²) in [6, 6.07) is 0.543. The summed E-state index contributed by atoms with van der Waals surface area (Å²) >= 11 is 0. The van der Waals surface area contributed by atoms with Crippen LogP contribution in [-0.4, -0.2) is 35.2 Å². The maximum atomic E-state index is 5.28. The lowest BCUT2D eigenvalue weighted by Crippen LogP contribution is -2.45. The summed E-state index contributed by atoms with van der Waals surface area (Å²) in [7, 11) is 0. The van der Waals surface area contributed by atoms with Gasteiger partial charge in [-0.3, -0.25) is 4.99 Å². The van der Waals surface area contributed by atoms with Crippen molar-refractivity contribution in [3.05, 3.63) is 11.7 Å². The molecule has 0 bridgehead atoms. The van der Waals surface area contributed by atoms with Crippen LogP contribution in [0.15, 0.2) is 9.52 Å². The van der Waals surface area contributed by atoms with Gasteiger partial charge in [0.25, 0.3) is 0 Å². The van der Waals surface area contributed by atoms with Gasteiger partial charge in [-0.2, -0.15) is 4.98 Å².